The van der Waals surface area contributed by atoms with Gasteiger partial charge in [0.05, 0.1) is 28.6 Å². The number of rotatable bonds is 4. The number of aromatic nitrogens is 3. The summed E-state index contributed by atoms with van der Waals surface area (Å²) in [5.74, 6) is 0. The molecule has 0 saturated heterocycles. The van der Waals surface area contributed by atoms with Gasteiger partial charge in [-0.05, 0) is 20.9 Å². The van der Waals surface area contributed by atoms with Gasteiger partial charge < -0.3 is 5.32 Å². The second kappa shape index (κ2) is 5.16. The highest BCUT2D eigenvalue weighted by Gasteiger charge is 2.10. The van der Waals surface area contributed by atoms with Gasteiger partial charge in [0.25, 0.3) is 0 Å². The van der Waals surface area contributed by atoms with Crippen LogP contribution in [0.3, 0.4) is 0 Å². The number of halogens is 1. The second-order valence-corrected chi connectivity index (χ2v) is 5.23. The Labute approximate surface area is 110 Å². The van der Waals surface area contributed by atoms with Crippen molar-refractivity contribution in [2.24, 2.45) is 0 Å². The Hall–Kier alpha value is -0.910. The van der Waals surface area contributed by atoms with Crippen molar-refractivity contribution in [2.75, 3.05) is 7.05 Å². The van der Waals surface area contributed by atoms with E-state index >= 15 is 0 Å². The van der Waals surface area contributed by atoms with Crippen molar-refractivity contribution in [3.63, 3.8) is 0 Å². The molecule has 92 valence electrons. The van der Waals surface area contributed by atoms with E-state index in [9.17, 15) is 0 Å². The molecule has 0 amide bonds. The molecule has 4 nitrogen and oxygen atoms in total. The Morgan fingerprint density at radius 2 is 2.24 bits per heavy atom. The Kier molecular flexibility index (Phi) is 3.81. The summed E-state index contributed by atoms with van der Waals surface area (Å²) in [5.41, 5.74) is 2.89. The van der Waals surface area contributed by atoms with E-state index in [1.54, 1.807) is 11.3 Å². The minimum absolute atomic E-state index is 0.680. The smallest absolute Gasteiger partial charge is 0.107 e. The standard InChI is InChI=1S/C11H15ClN4S/c1-7-11(12)8(2)16(15-7)5-9-6-17-10(14-9)4-13-3/h6,13H,4-5H2,1-3H3. The Morgan fingerprint density at radius 1 is 1.47 bits per heavy atom. The van der Waals surface area contributed by atoms with Crippen LogP contribution in [0.25, 0.3) is 0 Å². The average molecular weight is 271 g/mol. The van der Waals surface area contributed by atoms with E-state index in [1.165, 1.54) is 0 Å². The third-order valence-electron chi connectivity index (χ3n) is 2.53. The van der Waals surface area contributed by atoms with Crippen molar-refractivity contribution in [2.45, 2.75) is 26.9 Å². The van der Waals surface area contributed by atoms with Crippen LogP contribution < -0.4 is 5.32 Å². The van der Waals surface area contributed by atoms with Crippen LogP contribution in [0, 0.1) is 13.8 Å². The SMILES string of the molecule is CNCc1nc(Cn2nc(C)c(Cl)c2C)cs1. The molecule has 2 heterocycles. The van der Waals surface area contributed by atoms with Gasteiger partial charge in [-0.15, -0.1) is 11.3 Å². The van der Waals surface area contributed by atoms with Crippen LogP contribution in [0.15, 0.2) is 5.38 Å². The van der Waals surface area contributed by atoms with Gasteiger partial charge in [0, 0.05) is 11.9 Å². The van der Waals surface area contributed by atoms with Crippen LogP contribution >= 0.6 is 22.9 Å². The summed E-state index contributed by atoms with van der Waals surface area (Å²) in [6.07, 6.45) is 0. The number of nitrogens with one attached hydrogen (secondary N) is 1. The zero-order chi connectivity index (χ0) is 12.4. The molecule has 6 heteroatoms. The van der Waals surface area contributed by atoms with Gasteiger partial charge in [0.15, 0.2) is 0 Å². The van der Waals surface area contributed by atoms with Crippen molar-refractivity contribution in [1.29, 1.82) is 0 Å². The van der Waals surface area contributed by atoms with E-state index in [0.29, 0.717) is 6.54 Å². The number of aryl methyl sites for hydroxylation is 1. The summed E-state index contributed by atoms with van der Waals surface area (Å²) in [7, 11) is 1.92. The Balaban J connectivity index is 2.16. The monoisotopic (exact) mass is 270 g/mol. The van der Waals surface area contributed by atoms with Crippen molar-refractivity contribution in [3.05, 3.63) is 32.5 Å². The highest BCUT2D eigenvalue weighted by atomic mass is 35.5. The molecule has 0 aliphatic heterocycles. The van der Waals surface area contributed by atoms with Crippen molar-refractivity contribution < 1.29 is 0 Å². The fraction of sp³-hybridized carbons (Fsp3) is 0.455. The van der Waals surface area contributed by atoms with Gasteiger partial charge in [-0.1, -0.05) is 11.6 Å². The number of thiazole rings is 1. The molecule has 0 aliphatic rings. The fourth-order valence-corrected chi connectivity index (χ4v) is 2.57. The third kappa shape index (κ3) is 2.68. The maximum atomic E-state index is 6.11. The maximum Gasteiger partial charge on any atom is 0.107 e. The predicted octanol–water partition coefficient (Wildman–Crippen LogP) is 2.38. The quantitative estimate of drug-likeness (QED) is 0.928. The molecule has 0 unspecified atom stereocenters. The van der Waals surface area contributed by atoms with Gasteiger partial charge in [-0.3, -0.25) is 4.68 Å². The molecule has 0 fully saturated rings. The lowest BCUT2D eigenvalue weighted by Gasteiger charge is -2.01. The second-order valence-electron chi connectivity index (χ2n) is 3.91. The van der Waals surface area contributed by atoms with E-state index in [0.717, 1.165) is 33.7 Å². The van der Waals surface area contributed by atoms with Gasteiger partial charge >= 0.3 is 0 Å². The van der Waals surface area contributed by atoms with Gasteiger partial charge in [0.1, 0.15) is 5.01 Å². The molecule has 2 aromatic heterocycles. The molecule has 2 rings (SSSR count). The number of nitrogens with zero attached hydrogens (tertiary/aromatic N) is 3. The first-order valence-electron chi connectivity index (χ1n) is 5.39. The minimum Gasteiger partial charge on any atom is -0.314 e. The van der Waals surface area contributed by atoms with Crippen molar-refractivity contribution in [1.82, 2.24) is 20.1 Å². The van der Waals surface area contributed by atoms with E-state index in [1.807, 2.05) is 25.6 Å². The molecule has 17 heavy (non-hydrogen) atoms. The molecule has 0 radical (unpaired) electrons. The maximum absolute atomic E-state index is 6.11. The number of hydrogen-bond donors (Lipinski definition) is 1. The Bertz CT molecular complexity index is 518. The highest BCUT2D eigenvalue weighted by Crippen LogP contribution is 2.20. The van der Waals surface area contributed by atoms with Crippen LogP contribution in [0.5, 0.6) is 0 Å². The average Bonchev–Trinajstić information content (AvgIpc) is 2.82. The van der Waals surface area contributed by atoms with Gasteiger partial charge in [-0.2, -0.15) is 5.10 Å². The lowest BCUT2D eigenvalue weighted by molar-refractivity contribution is 0.646. The summed E-state index contributed by atoms with van der Waals surface area (Å²) in [6, 6.07) is 0. The summed E-state index contributed by atoms with van der Waals surface area (Å²) in [4.78, 5) is 4.53. The van der Waals surface area contributed by atoms with Crippen LogP contribution in [0.4, 0.5) is 0 Å². The first kappa shape index (κ1) is 12.5. The molecule has 0 aromatic carbocycles. The molecular weight excluding hydrogens is 256 g/mol. The lowest BCUT2D eigenvalue weighted by Crippen LogP contribution is -2.06. The molecule has 0 atom stereocenters. The molecule has 2 aromatic rings. The zero-order valence-corrected chi connectivity index (χ0v) is 11.7. The molecule has 0 bridgehead atoms. The normalized spacial score (nSPS) is 11.1. The third-order valence-corrected chi connectivity index (χ3v) is 3.98. The first-order valence-corrected chi connectivity index (χ1v) is 6.65. The van der Waals surface area contributed by atoms with Crippen LogP contribution in [-0.2, 0) is 13.1 Å². The minimum atomic E-state index is 0.680. The fourth-order valence-electron chi connectivity index (χ4n) is 1.64. The van der Waals surface area contributed by atoms with Crippen molar-refractivity contribution in [3.8, 4) is 0 Å². The molecule has 0 saturated carbocycles. The lowest BCUT2D eigenvalue weighted by atomic mass is 10.4. The summed E-state index contributed by atoms with van der Waals surface area (Å²) in [5, 5.41) is 11.4. The highest BCUT2D eigenvalue weighted by molar-refractivity contribution is 7.09. The zero-order valence-electron chi connectivity index (χ0n) is 10.1. The van der Waals surface area contributed by atoms with E-state index in [4.69, 9.17) is 11.6 Å². The van der Waals surface area contributed by atoms with Crippen LogP contribution in [-0.4, -0.2) is 21.8 Å². The summed E-state index contributed by atoms with van der Waals surface area (Å²) < 4.78 is 1.90. The number of hydrogen-bond acceptors (Lipinski definition) is 4. The molecule has 0 spiro atoms. The molecule has 0 aliphatic carbocycles. The summed E-state index contributed by atoms with van der Waals surface area (Å²) in [6.45, 7) is 5.38. The largest absolute Gasteiger partial charge is 0.314 e. The topological polar surface area (TPSA) is 42.7 Å². The summed E-state index contributed by atoms with van der Waals surface area (Å²) >= 11 is 7.77. The predicted molar refractivity (Wildman–Crippen MR) is 70.7 cm³/mol. The van der Waals surface area contributed by atoms with Gasteiger partial charge in [0.2, 0.25) is 0 Å². The Morgan fingerprint density at radius 3 is 2.82 bits per heavy atom. The van der Waals surface area contributed by atoms with Gasteiger partial charge in [-0.25, -0.2) is 4.98 Å². The first-order chi connectivity index (χ1) is 8.11. The molecule has 1 N–H and O–H groups in total. The van der Waals surface area contributed by atoms with E-state index < -0.39 is 0 Å². The van der Waals surface area contributed by atoms with Crippen LogP contribution in [0.2, 0.25) is 5.02 Å². The van der Waals surface area contributed by atoms with Crippen LogP contribution in [0.1, 0.15) is 22.1 Å². The van der Waals surface area contributed by atoms with E-state index in [2.05, 4.69) is 20.8 Å². The van der Waals surface area contributed by atoms with E-state index in [-0.39, 0.29) is 0 Å². The molecular formula is C11H15ClN4S. The van der Waals surface area contributed by atoms with Crippen molar-refractivity contribution >= 4 is 22.9 Å².